The van der Waals surface area contributed by atoms with Gasteiger partial charge in [-0.25, -0.2) is 0 Å². The van der Waals surface area contributed by atoms with Gasteiger partial charge in [0.05, 0.1) is 0 Å². The molecule has 3 N–H and O–H groups in total. The van der Waals surface area contributed by atoms with Crippen LogP contribution < -0.4 is 14.9 Å². The average Bonchev–Trinajstić information content (AvgIpc) is 2.40. The summed E-state index contributed by atoms with van der Waals surface area (Å²) in [6, 6.07) is 0. The van der Waals surface area contributed by atoms with Crippen LogP contribution in [0, 0.1) is 0 Å². The van der Waals surface area contributed by atoms with Gasteiger partial charge in [-0.2, -0.15) is 0 Å². The van der Waals surface area contributed by atoms with E-state index in [2.05, 4.69) is 42.6 Å². The molecule has 18 heavy (non-hydrogen) atoms. The molecule has 0 aliphatic carbocycles. The van der Waals surface area contributed by atoms with Crippen LogP contribution >= 0.6 is 0 Å². The molecule has 0 spiro atoms. The zero-order valence-corrected chi connectivity index (χ0v) is 13.8. The Morgan fingerprint density at radius 2 is 1.17 bits per heavy atom. The monoisotopic (exact) mass is 275 g/mol. The second-order valence-electron chi connectivity index (χ2n) is 4.66. The molecule has 5 heteroatoms. The molecule has 0 unspecified atom stereocenters. The fourth-order valence-electron chi connectivity index (χ4n) is 1.61. The Labute approximate surface area is 115 Å². The molecule has 0 bridgehead atoms. The number of nitrogens with one attached hydrogen (secondary N) is 3. The highest BCUT2D eigenvalue weighted by atomic mass is 28.4. The smallest absolute Gasteiger partial charge is 0.380 e. The molecule has 0 rings (SSSR count). The molecule has 0 saturated heterocycles. The second-order valence-corrected chi connectivity index (χ2v) is 7.38. The van der Waals surface area contributed by atoms with Crippen molar-refractivity contribution in [1.82, 2.24) is 14.9 Å². The molecular weight excluding hydrogens is 242 g/mol. The molecule has 0 aliphatic heterocycles. The van der Waals surface area contributed by atoms with Crippen molar-refractivity contribution in [2.45, 2.75) is 59.8 Å². The van der Waals surface area contributed by atoms with Gasteiger partial charge in [0.25, 0.3) is 0 Å². The van der Waals surface area contributed by atoms with Gasteiger partial charge in [0.1, 0.15) is 0 Å². The molecule has 0 amide bonds. The minimum atomic E-state index is -2.15. The van der Waals surface area contributed by atoms with Crippen LogP contribution in [0.5, 0.6) is 0 Å². The second kappa shape index (κ2) is 12.1. The largest absolute Gasteiger partial charge is 0.440 e. The van der Waals surface area contributed by atoms with Crippen LogP contribution in [-0.2, 0) is 4.43 Å². The summed E-state index contributed by atoms with van der Waals surface area (Å²) in [6.07, 6.45) is 5.71. The maximum absolute atomic E-state index is 6.18. The van der Waals surface area contributed by atoms with Crippen LogP contribution in [0.25, 0.3) is 0 Å². The van der Waals surface area contributed by atoms with Gasteiger partial charge in [-0.1, -0.05) is 34.1 Å². The predicted octanol–water partition coefficient (Wildman–Crippen LogP) is 2.24. The first-order valence-electron chi connectivity index (χ1n) is 7.63. The Kier molecular flexibility index (Phi) is 12.1. The van der Waals surface area contributed by atoms with Crippen molar-refractivity contribution >= 4 is 8.80 Å². The van der Waals surface area contributed by atoms with Gasteiger partial charge in [-0.3, -0.25) is 14.9 Å². The number of hydrogen-bond acceptors (Lipinski definition) is 4. The summed E-state index contributed by atoms with van der Waals surface area (Å²) < 4.78 is 6.18. The summed E-state index contributed by atoms with van der Waals surface area (Å²) in [7, 11) is -2.15. The van der Waals surface area contributed by atoms with Crippen molar-refractivity contribution in [3.63, 3.8) is 0 Å². The quantitative estimate of drug-likeness (QED) is 0.356. The molecule has 0 heterocycles. The SMILES string of the molecule is CCCCO[Si](NCCC)(NCCC)NCCC. The van der Waals surface area contributed by atoms with Crippen LogP contribution in [0.2, 0.25) is 0 Å². The first-order valence-corrected chi connectivity index (χ1v) is 9.54. The Hall–Kier alpha value is 0.0569. The van der Waals surface area contributed by atoms with Crippen molar-refractivity contribution in [3.05, 3.63) is 0 Å². The van der Waals surface area contributed by atoms with Crippen LogP contribution in [0.3, 0.4) is 0 Å². The van der Waals surface area contributed by atoms with Gasteiger partial charge in [-0.05, 0) is 45.3 Å². The normalized spacial score (nSPS) is 12.0. The molecule has 0 aromatic heterocycles. The minimum Gasteiger partial charge on any atom is -0.380 e. The average molecular weight is 276 g/mol. The number of rotatable bonds is 13. The lowest BCUT2D eigenvalue weighted by Crippen LogP contribution is -2.74. The van der Waals surface area contributed by atoms with Gasteiger partial charge < -0.3 is 4.43 Å². The van der Waals surface area contributed by atoms with Gasteiger partial charge in [0.2, 0.25) is 0 Å². The van der Waals surface area contributed by atoms with Crippen LogP contribution in [-0.4, -0.2) is 35.0 Å². The first-order chi connectivity index (χ1) is 8.74. The summed E-state index contributed by atoms with van der Waals surface area (Å²) in [5, 5.41) is 0. The third kappa shape index (κ3) is 8.21. The fraction of sp³-hybridized carbons (Fsp3) is 1.00. The molecule has 4 nitrogen and oxygen atoms in total. The van der Waals surface area contributed by atoms with Crippen LogP contribution in [0.1, 0.15) is 59.8 Å². The molecular formula is C13H33N3OSi. The van der Waals surface area contributed by atoms with Gasteiger partial charge >= 0.3 is 8.80 Å². The molecule has 0 atom stereocenters. The van der Waals surface area contributed by atoms with Crippen molar-refractivity contribution in [2.75, 3.05) is 26.2 Å². The number of unbranched alkanes of at least 4 members (excludes halogenated alkanes) is 1. The standard InChI is InChI=1S/C13H33N3OSi/c1-5-9-13-17-18(14-10-6-2,15-11-7-3)16-12-8-4/h14-16H,5-13H2,1-4H3. The third-order valence-electron chi connectivity index (χ3n) is 2.69. The van der Waals surface area contributed by atoms with Crippen LogP contribution in [0.4, 0.5) is 0 Å². The van der Waals surface area contributed by atoms with E-state index >= 15 is 0 Å². The van der Waals surface area contributed by atoms with E-state index in [9.17, 15) is 0 Å². The van der Waals surface area contributed by atoms with Crippen molar-refractivity contribution in [2.24, 2.45) is 0 Å². The summed E-state index contributed by atoms with van der Waals surface area (Å²) in [5.74, 6) is 0. The predicted molar refractivity (Wildman–Crippen MR) is 81.5 cm³/mol. The molecule has 0 saturated carbocycles. The maximum Gasteiger partial charge on any atom is 0.440 e. The summed E-state index contributed by atoms with van der Waals surface area (Å²) in [6.45, 7) is 12.6. The summed E-state index contributed by atoms with van der Waals surface area (Å²) >= 11 is 0. The van der Waals surface area contributed by atoms with Gasteiger partial charge in [0.15, 0.2) is 0 Å². The van der Waals surface area contributed by atoms with Crippen LogP contribution in [0.15, 0.2) is 0 Å². The minimum absolute atomic E-state index is 0.840. The molecule has 0 fully saturated rings. The Morgan fingerprint density at radius 3 is 1.50 bits per heavy atom. The molecule has 0 aliphatic rings. The highest BCUT2D eigenvalue weighted by molar-refractivity contribution is 6.66. The highest BCUT2D eigenvalue weighted by Crippen LogP contribution is 1.98. The van der Waals surface area contributed by atoms with E-state index in [4.69, 9.17) is 4.43 Å². The molecule has 0 radical (unpaired) electrons. The lowest BCUT2D eigenvalue weighted by atomic mass is 10.4. The fourth-order valence-corrected chi connectivity index (χ4v) is 4.55. The first kappa shape index (κ1) is 18.1. The van der Waals surface area contributed by atoms with E-state index in [-0.39, 0.29) is 0 Å². The van der Waals surface area contributed by atoms with Crippen molar-refractivity contribution < 1.29 is 4.43 Å². The Morgan fingerprint density at radius 1 is 0.722 bits per heavy atom. The van der Waals surface area contributed by atoms with E-state index in [0.29, 0.717) is 0 Å². The third-order valence-corrected chi connectivity index (χ3v) is 5.57. The van der Waals surface area contributed by atoms with Gasteiger partial charge in [0, 0.05) is 6.61 Å². The zero-order chi connectivity index (χ0) is 13.7. The summed E-state index contributed by atoms with van der Waals surface area (Å²) in [5.41, 5.74) is 0. The van der Waals surface area contributed by atoms with Gasteiger partial charge in [-0.15, -0.1) is 0 Å². The lowest BCUT2D eigenvalue weighted by molar-refractivity contribution is 0.261. The Bertz CT molecular complexity index is 160. The van der Waals surface area contributed by atoms with E-state index in [0.717, 1.165) is 51.9 Å². The zero-order valence-electron chi connectivity index (χ0n) is 12.8. The van der Waals surface area contributed by atoms with Crippen molar-refractivity contribution in [3.8, 4) is 0 Å². The maximum atomic E-state index is 6.18. The Balaban J connectivity index is 4.41. The lowest BCUT2D eigenvalue weighted by Gasteiger charge is -2.32. The molecule has 0 aromatic carbocycles. The summed E-state index contributed by atoms with van der Waals surface area (Å²) in [4.78, 5) is 10.8. The van der Waals surface area contributed by atoms with E-state index in [1.54, 1.807) is 0 Å². The highest BCUT2D eigenvalue weighted by Gasteiger charge is 2.35. The molecule has 0 aromatic rings. The topological polar surface area (TPSA) is 45.3 Å². The van der Waals surface area contributed by atoms with E-state index in [1.807, 2.05) is 0 Å². The van der Waals surface area contributed by atoms with Crippen molar-refractivity contribution in [1.29, 1.82) is 0 Å². The number of hydrogen-bond donors (Lipinski definition) is 3. The molecule has 110 valence electrons. The van der Waals surface area contributed by atoms with E-state index in [1.165, 1.54) is 6.42 Å². The van der Waals surface area contributed by atoms with E-state index < -0.39 is 8.80 Å².